The van der Waals surface area contributed by atoms with Crippen LogP contribution in [0, 0.1) is 0 Å². The number of aromatic nitrogens is 2. The van der Waals surface area contributed by atoms with Crippen LogP contribution in [0.15, 0.2) is 24.3 Å². The van der Waals surface area contributed by atoms with E-state index in [9.17, 15) is 9.90 Å². The van der Waals surface area contributed by atoms with Crippen molar-refractivity contribution in [2.24, 2.45) is 0 Å². The van der Waals surface area contributed by atoms with Crippen LogP contribution in [0.2, 0.25) is 0 Å². The van der Waals surface area contributed by atoms with Gasteiger partial charge in [0.15, 0.2) is 17.3 Å². The smallest absolute Gasteiger partial charge is 0.229 e. The maximum Gasteiger partial charge on any atom is 0.229 e. The molecule has 1 heterocycles. The highest BCUT2D eigenvalue weighted by molar-refractivity contribution is 5.91. The summed E-state index contributed by atoms with van der Waals surface area (Å²) >= 11 is 0. The lowest BCUT2D eigenvalue weighted by Crippen LogP contribution is -2.14. The van der Waals surface area contributed by atoms with Crippen molar-refractivity contribution in [3.05, 3.63) is 35.5 Å². The number of benzene rings is 1. The average Bonchev–Trinajstić information content (AvgIpc) is 3.22. The Morgan fingerprint density at radius 1 is 1.48 bits per heavy atom. The van der Waals surface area contributed by atoms with E-state index in [1.807, 2.05) is 6.07 Å². The van der Waals surface area contributed by atoms with Crippen LogP contribution in [0.5, 0.6) is 11.5 Å². The number of aromatic hydroxyl groups is 1. The summed E-state index contributed by atoms with van der Waals surface area (Å²) in [5.74, 6) is 1.38. The Bertz CT molecular complexity index is 662. The first-order chi connectivity index (χ1) is 10.2. The molecule has 3 N–H and O–H groups in total. The molecule has 0 radical (unpaired) electrons. The second kappa shape index (κ2) is 5.47. The van der Waals surface area contributed by atoms with E-state index in [2.05, 4.69) is 15.5 Å². The van der Waals surface area contributed by atoms with Crippen LogP contribution >= 0.6 is 0 Å². The van der Waals surface area contributed by atoms with Crippen molar-refractivity contribution < 1.29 is 14.6 Å². The van der Waals surface area contributed by atoms with Gasteiger partial charge in [0.25, 0.3) is 0 Å². The molecule has 6 nitrogen and oxygen atoms in total. The van der Waals surface area contributed by atoms with E-state index in [4.69, 9.17) is 4.74 Å². The van der Waals surface area contributed by atoms with Gasteiger partial charge in [-0.3, -0.25) is 9.89 Å². The lowest BCUT2D eigenvalue weighted by atomic mass is 10.1. The van der Waals surface area contributed by atoms with E-state index in [0.29, 0.717) is 17.5 Å². The number of phenols is 1. The fourth-order valence-electron chi connectivity index (χ4n) is 2.21. The zero-order chi connectivity index (χ0) is 14.8. The standard InChI is InChI=1S/C15H17N3O3/c1-21-13-6-9(2-5-12(13)19)7-15(20)16-14-8-11(17-18-14)10-3-4-10/h2,5-6,8,10,19H,3-4,7H2,1H3,(H2,16,17,18,20). The number of rotatable bonds is 5. The number of methoxy groups -OCH3 is 1. The lowest BCUT2D eigenvalue weighted by molar-refractivity contribution is -0.115. The third-order valence-corrected chi connectivity index (χ3v) is 3.49. The van der Waals surface area contributed by atoms with Crippen molar-refractivity contribution in [2.75, 3.05) is 12.4 Å². The van der Waals surface area contributed by atoms with Gasteiger partial charge in [-0.2, -0.15) is 5.10 Å². The van der Waals surface area contributed by atoms with Gasteiger partial charge >= 0.3 is 0 Å². The van der Waals surface area contributed by atoms with E-state index >= 15 is 0 Å². The van der Waals surface area contributed by atoms with Gasteiger partial charge in [0, 0.05) is 17.7 Å². The first-order valence-electron chi connectivity index (χ1n) is 6.86. The number of hydrogen-bond acceptors (Lipinski definition) is 4. The predicted octanol–water partition coefficient (Wildman–Crippen LogP) is 2.18. The minimum Gasteiger partial charge on any atom is -0.504 e. The Balaban J connectivity index is 1.62. The molecule has 2 aromatic rings. The van der Waals surface area contributed by atoms with Gasteiger partial charge in [0.2, 0.25) is 5.91 Å². The zero-order valence-electron chi connectivity index (χ0n) is 11.7. The number of nitrogens with one attached hydrogen (secondary N) is 2. The van der Waals surface area contributed by atoms with Gasteiger partial charge in [0.1, 0.15) is 0 Å². The molecule has 6 heteroatoms. The molecule has 0 atom stereocenters. The summed E-state index contributed by atoms with van der Waals surface area (Å²) in [5.41, 5.74) is 1.84. The third kappa shape index (κ3) is 3.16. The first kappa shape index (κ1) is 13.5. The molecule has 0 unspecified atom stereocenters. The van der Waals surface area contributed by atoms with Crippen molar-refractivity contribution in [2.45, 2.75) is 25.2 Å². The Labute approximate surface area is 122 Å². The highest BCUT2D eigenvalue weighted by atomic mass is 16.5. The Hall–Kier alpha value is -2.50. The fraction of sp³-hybridized carbons (Fsp3) is 0.333. The molecule has 0 saturated heterocycles. The summed E-state index contributed by atoms with van der Waals surface area (Å²) in [5, 5.41) is 19.3. The maximum absolute atomic E-state index is 12.0. The predicted molar refractivity (Wildman–Crippen MR) is 77.6 cm³/mol. The highest BCUT2D eigenvalue weighted by Gasteiger charge is 2.25. The van der Waals surface area contributed by atoms with E-state index in [1.165, 1.54) is 26.0 Å². The molecule has 1 aromatic carbocycles. The molecule has 21 heavy (non-hydrogen) atoms. The van der Waals surface area contributed by atoms with Gasteiger partial charge < -0.3 is 15.2 Å². The normalized spacial score (nSPS) is 14.0. The summed E-state index contributed by atoms with van der Waals surface area (Å²) in [7, 11) is 1.47. The second-order valence-electron chi connectivity index (χ2n) is 5.21. The molecule has 3 rings (SSSR count). The number of carbonyl (C=O) groups excluding carboxylic acids is 1. The number of anilines is 1. The number of hydrogen-bond donors (Lipinski definition) is 3. The van der Waals surface area contributed by atoms with Gasteiger partial charge in [-0.1, -0.05) is 6.07 Å². The number of ether oxygens (including phenoxy) is 1. The Morgan fingerprint density at radius 3 is 3.00 bits per heavy atom. The summed E-state index contributed by atoms with van der Waals surface area (Å²) in [4.78, 5) is 12.0. The molecule has 0 aliphatic heterocycles. The summed E-state index contributed by atoms with van der Waals surface area (Å²) in [6.07, 6.45) is 2.56. The maximum atomic E-state index is 12.0. The SMILES string of the molecule is COc1cc(CC(=O)Nc2cc(C3CC3)[nH]n2)ccc1O. The first-order valence-corrected chi connectivity index (χ1v) is 6.86. The van der Waals surface area contributed by atoms with Crippen molar-refractivity contribution in [1.82, 2.24) is 10.2 Å². The van der Waals surface area contributed by atoms with Crippen LogP contribution in [0.3, 0.4) is 0 Å². The molecule has 0 bridgehead atoms. The number of carbonyl (C=O) groups is 1. The number of phenolic OH excluding ortho intramolecular Hbond substituents is 1. The van der Waals surface area contributed by atoms with Crippen LogP contribution in [0.25, 0.3) is 0 Å². The zero-order valence-corrected chi connectivity index (χ0v) is 11.7. The molecule has 0 spiro atoms. The number of aromatic amines is 1. The molecule has 1 aliphatic rings. The van der Waals surface area contributed by atoms with E-state index in [0.717, 1.165) is 11.3 Å². The monoisotopic (exact) mass is 287 g/mol. The minimum atomic E-state index is -0.156. The van der Waals surface area contributed by atoms with Crippen LogP contribution in [-0.2, 0) is 11.2 Å². The van der Waals surface area contributed by atoms with Crippen molar-refractivity contribution >= 4 is 11.7 Å². The number of nitrogens with zero attached hydrogens (tertiary/aromatic N) is 1. The minimum absolute atomic E-state index is 0.0584. The van der Waals surface area contributed by atoms with E-state index in [1.54, 1.807) is 12.1 Å². The largest absolute Gasteiger partial charge is 0.504 e. The second-order valence-corrected chi connectivity index (χ2v) is 5.21. The highest BCUT2D eigenvalue weighted by Crippen LogP contribution is 2.39. The summed E-state index contributed by atoms with van der Waals surface area (Å²) in [6.45, 7) is 0. The van der Waals surface area contributed by atoms with E-state index < -0.39 is 0 Å². The van der Waals surface area contributed by atoms with E-state index in [-0.39, 0.29) is 18.1 Å². The van der Waals surface area contributed by atoms with Crippen LogP contribution in [0.1, 0.15) is 30.0 Å². The van der Waals surface area contributed by atoms with Gasteiger partial charge in [-0.15, -0.1) is 0 Å². The Kier molecular flexibility index (Phi) is 3.51. The molecular formula is C15H17N3O3. The fourth-order valence-corrected chi connectivity index (χ4v) is 2.21. The summed E-state index contributed by atoms with van der Waals surface area (Å²) in [6, 6.07) is 6.74. The average molecular weight is 287 g/mol. The topological polar surface area (TPSA) is 87.2 Å². The lowest BCUT2D eigenvalue weighted by Gasteiger charge is -2.06. The van der Waals surface area contributed by atoms with Gasteiger partial charge in [0.05, 0.1) is 13.5 Å². The quantitative estimate of drug-likeness (QED) is 0.786. The van der Waals surface area contributed by atoms with Gasteiger partial charge in [-0.05, 0) is 30.5 Å². The van der Waals surface area contributed by atoms with Crippen molar-refractivity contribution in [3.63, 3.8) is 0 Å². The van der Waals surface area contributed by atoms with Crippen LogP contribution < -0.4 is 10.1 Å². The molecule has 110 valence electrons. The van der Waals surface area contributed by atoms with Crippen molar-refractivity contribution in [3.8, 4) is 11.5 Å². The summed E-state index contributed by atoms with van der Waals surface area (Å²) < 4.78 is 5.02. The third-order valence-electron chi connectivity index (χ3n) is 3.49. The van der Waals surface area contributed by atoms with Crippen molar-refractivity contribution in [1.29, 1.82) is 0 Å². The molecule has 1 aliphatic carbocycles. The Morgan fingerprint density at radius 2 is 2.29 bits per heavy atom. The molecule has 1 saturated carbocycles. The number of amides is 1. The molecule has 1 aromatic heterocycles. The molecule has 1 amide bonds. The molecule has 1 fully saturated rings. The number of H-pyrrole nitrogens is 1. The van der Waals surface area contributed by atoms with Gasteiger partial charge in [-0.25, -0.2) is 0 Å². The van der Waals surface area contributed by atoms with Crippen LogP contribution in [0.4, 0.5) is 5.82 Å². The molecular weight excluding hydrogens is 270 g/mol. The van der Waals surface area contributed by atoms with Crippen LogP contribution in [-0.4, -0.2) is 28.3 Å².